The first-order valence-electron chi connectivity index (χ1n) is 6.64. The van der Waals surface area contributed by atoms with Gasteiger partial charge in [0.15, 0.2) is 5.08 Å². The summed E-state index contributed by atoms with van der Waals surface area (Å²) in [6.45, 7) is 1.20. The van der Waals surface area contributed by atoms with Gasteiger partial charge in [-0.05, 0) is 30.4 Å². The molecule has 0 saturated heterocycles. The average Bonchev–Trinajstić information content (AvgIpc) is 2.45. The van der Waals surface area contributed by atoms with Crippen molar-refractivity contribution in [1.82, 2.24) is 15.3 Å². The number of aliphatic hydroxyl groups excluding tert-OH is 1. The van der Waals surface area contributed by atoms with E-state index in [1.54, 1.807) is 0 Å². The fraction of sp³-hybridized carbons (Fsp3) is 0.462. The van der Waals surface area contributed by atoms with E-state index in [0.717, 1.165) is 6.08 Å². The van der Waals surface area contributed by atoms with E-state index >= 15 is 0 Å². The van der Waals surface area contributed by atoms with Gasteiger partial charge in [-0.1, -0.05) is 0 Å². The number of aromatic amines is 2. The second-order valence-electron chi connectivity index (χ2n) is 4.68. The Hall–Kier alpha value is -0.200. The number of aryl methyl sites for hydroxylation is 1. The summed E-state index contributed by atoms with van der Waals surface area (Å²) in [6.07, 6.45) is 4.21. The van der Waals surface area contributed by atoms with Crippen LogP contribution in [0.4, 0.5) is 0 Å². The van der Waals surface area contributed by atoms with E-state index in [4.69, 9.17) is 0 Å². The molecule has 0 unspecified atom stereocenters. The van der Waals surface area contributed by atoms with Crippen LogP contribution in [0.2, 0.25) is 0 Å². The van der Waals surface area contributed by atoms with Crippen LogP contribution >= 0.6 is 11.8 Å². The summed E-state index contributed by atoms with van der Waals surface area (Å²) in [5.41, 5.74) is -0.727. The number of H-pyrrole nitrogens is 2. The van der Waals surface area contributed by atoms with Crippen molar-refractivity contribution in [3.8, 4) is 0 Å². The molecule has 0 radical (unpaired) electrons. The normalized spacial score (nSPS) is 12.8. The van der Waals surface area contributed by atoms with Gasteiger partial charge < -0.3 is 32.4 Å². The van der Waals surface area contributed by atoms with Gasteiger partial charge in [0.25, 0.3) is 5.56 Å². The van der Waals surface area contributed by atoms with Crippen molar-refractivity contribution in [1.29, 1.82) is 0 Å². The minimum absolute atomic E-state index is 0. The molecular formula is C13H21ClN3NaO5S2. The van der Waals surface area contributed by atoms with Crippen LogP contribution in [0, 0.1) is 6.92 Å². The summed E-state index contributed by atoms with van der Waals surface area (Å²) in [5.74, 6) is -0.384. The van der Waals surface area contributed by atoms with Crippen LogP contribution in [0.15, 0.2) is 15.7 Å². The van der Waals surface area contributed by atoms with Crippen LogP contribution in [0.25, 0.3) is 6.08 Å². The van der Waals surface area contributed by atoms with E-state index in [2.05, 4.69) is 15.3 Å². The number of nitrogens with one attached hydrogen (secondary N) is 3. The van der Waals surface area contributed by atoms with Crippen LogP contribution in [0.3, 0.4) is 0 Å². The van der Waals surface area contributed by atoms with Gasteiger partial charge in [-0.2, -0.15) is 0 Å². The molecule has 1 aromatic rings. The first-order chi connectivity index (χ1) is 10.9. The van der Waals surface area contributed by atoms with Crippen molar-refractivity contribution in [2.24, 2.45) is 0 Å². The molecule has 0 spiro atoms. The number of aliphatic hydroxyl groups is 1. The Kier molecular flexibility index (Phi) is 15.1. The summed E-state index contributed by atoms with van der Waals surface area (Å²) < 4.78 is 11.6. The van der Waals surface area contributed by atoms with E-state index in [0.29, 0.717) is 10.8 Å². The Balaban J connectivity index is -0.00000176. The second-order valence-corrected chi connectivity index (χ2v) is 7.41. The maximum absolute atomic E-state index is 11.8. The Labute approximate surface area is 182 Å². The molecule has 1 aromatic heterocycles. The maximum atomic E-state index is 11.8. The van der Waals surface area contributed by atoms with Crippen LogP contribution in [0.1, 0.15) is 12.7 Å². The SMILES string of the molecule is CSC[S@+]([O-])C[C@H](CO)NC(=O)/C=C/c1c(C)[nH]c(=O)[nH]c1=O.[Cl-].[H+].[NaH]. The van der Waals surface area contributed by atoms with Crippen molar-refractivity contribution in [2.45, 2.75) is 13.0 Å². The van der Waals surface area contributed by atoms with E-state index in [-0.39, 0.29) is 61.3 Å². The number of hydrogen-bond donors (Lipinski definition) is 4. The third kappa shape index (κ3) is 9.90. The first-order valence-corrected chi connectivity index (χ1v) is 9.52. The van der Waals surface area contributed by atoms with Crippen molar-refractivity contribution in [3.05, 3.63) is 38.2 Å². The predicted molar refractivity (Wildman–Crippen MR) is 100 cm³/mol. The standard InChI is InChI=1S/C13H19N3O5S2.ClH.Na.H/c1-8-10(12(19)16-13(20)14-8)3-4-11(18)15-9(5-17)6-23(21)7-22-2;;;/h3-4,9,17H,5-7H2,1-2H3,(H,15,18)(H2,14,16,19,20);1H;;/b4-3+;;;/t9-,23+;;;/m0.../s1. The molecule has 8 nitrogen and oxygen atoms in total. The summed E-state index contributed by atoms with van der Waals surface area (Å²) in [6, 6.07) is -0.630. The van der Waals surface area contributed by atoms with Crippen LogP contribution in [-0.2, 0) is 16.0 Å². The number of amides is 1. The van der Waals surface area contributed by atoms with E-state index in [9.17, 15) is 24.0 Å². The zero-order valence-corrected chi connectivity index (χ0v) is 15.5. The number of aromatic nitrogens is 2. The Morgan fingerprint density at radius 2 is 2.12 bits per heavy atom. The molecule has 138 valence electrons. The molecular weight excluding hydrogens is 401 g/mol. The van der Waals surface area contributed by atoms with Crippen molar-refractivity contribution in [3.63, 3.8) is 0 Å². The quantitative estimate of drug-likeness (QED) is 0.189. The zero-order chi connectivity index (χ0) is 17.4. The van der Waals surface area contributed by atoms with Crippen molar-refractivity contribution < 1.29 is 28.3 Å². The third-order valence-electron chi connectivity index (χ3n) is 2.78. The molecule has 4 N–H and O–H groups in total. The van der Waals surface area contributed by atoms with E-state index in [1.807, 2.05) is 6.26 Å². The number of halogens is 1. The number of hydrogen-bond acceptors (Lipinski definition) is 6. The molecule has 12 heteroatoms. The molecule has 1 rings (SSSR count). The predicted octanol–water partition coefficient (Wildman–Crippen LogP) is -4.60. The molecule has 1 heterocycles. The number of rotatable bonds is 8. The van der Waals surface area contributed by atoms with Gasteiger partial charge in [-0.25, -0.2) is 4.79 Å². The van der Waals surface area contributed by atoms with Gasteiger partial charge in [0.2, 0.25) is 5.91 Å². The number of carbonyl (C=O) groups is 1. The van der Waals surface area contributed by atoms with Gasteiger partial charge in [0.05, 0.1) is 18.2 Å². The molecule has 2 atom stereocenters. The summed E-state index contributed by atoms with van der Waals surface area (Å²) in [7, 11) is 0. The molecule has 25 heavy (non-hydrogen) atoms. The molecule has 0 fully saturated rings. The van der Waals surface area contributed by atoms with Gasteiger partial charge in [0.1, 0.15) is 5.75 Å². The first kappa shape index (κ1) is 27.0. The second kappa shape index (κ2) is 13.9. The van der Waals surface area contributed by atoms with E-state index in [1.165, 1.54) is 24.8 Å². The molecule has 1 amide bonds. The fourth-order valence-corrected chi connectivity index (χ4v) is 3.84. The van der Waals surface area contributed by atoms with E-state index < -0.39 is 34.4 Å². The average molecular weight is 422 g/mol. The number of carbonyl (C=O) groups excluding carboxylic acids is 1. The molecule has 0 saturated carbocycles. The Bertz CT molecular complexity index is 688. The van der Waals surface area contributed by atoms with Gasteiger partial charge in [-0.3, -0.25) is 14.6 Å². The Morgan fingerprint density at radius 3 is 2.64 bits per heavy atom. The fourth-order valence-electron chi connectivity index (χ4n) is 1.76. The van der Waals surface area contributed by atoms with Crippen LogP contribution in [0.5, 0.6) is 0 Å². The molecule has 0 aliphatic heterocycles. The minimum atomic E-state index is -1.15. The number of thioether (sulfide) groups is 1. The monoisotopic (exact) mass is 421 g/mol. The molecule has 0 aromatic carbocycles. The molecule has 0 aliphatic rings. The van der Waals surface area contributed by atoms with Gasteiger partial charge >= 0.3 is 36.7 Å². The van der Waals surface area contributed by atoms with Gasteiger partial charge in [-0.15, -0.1) is 11.8 Å². The topological polar surface area (TPSA) is 138 Å². The third-order valence-corrected chi connectivity index (χ3v) is 5.55. The Morgan fingerprint density at radius 1 is 1.48 bits per heavy atom. The molecule has 0 aliphatic carbocycles. The summed E-state index contributed by atoms with van der Waals surface area (Å²) >= 11 is 0.270. The van der Waals surface area contributed by atoms with Crippen LogP contribution in [-0.4, -0.2) is 84.8 Å². The van der Waals surface area contributed by atoms with Crippen LogP contribution < -0.4 is 29.0 Å². The van der Waals surface area contributed by atoms with Gasteiger partial charge in [0, 0.05) is 11.8 Å². The van der Waals surface area contributed by atoms with Crippen molar-refractivity contribution >= 4 is 64.5 Å². The zero-order valence-electron chi connectivity index (χ0n) is 14.1. The van der Waals surface area contributed by atoms with Crippen molar-refractivity contribution in [2.75, 3.05) is 23.7 Å². The summed E-state index contributed by atoms with van der Waals surface area (Å²) in [4.78, 5) is 39.0. The summed E-state index contributed by atoms with van der Waals surface area (Å²) in [5, 5.41) is 12.2. The molecule has 0 bridgehead atoms.